The molecule has 0 aliphatic carbocycles. The van der Waals surface area contributed by atoms with Gasteiger partial charge in [0.1, 0.15) is 0 Å². The first-order valence-corrected chi connectivity index (χ1v) is 11.0. The van der Waals surface area contributed by atoms with Crippen LogP contribution in [-0.2, 0) is 23.0 Å². The Bertz CT molecular complexity index is 1100. The molecule has 1 aliphatic rings. The summed E-state index contributed by atoms with van der Waals surface area (Å²) in [6.45, 7) is 1.56. The molecule has 0 spiro atoms. The highest BCUT2D eigenvalue weighted by Crippen LogP contribution is 2.34. The number of halogens is 1. The van der Waals surface area contributed by atoms with Crippen LogP contribution in [0, 0.1) is 0 Å². The van der Waals surface area contributed by atoms with Gasteiger partial charge in [-0.3, -0.25) is 9.71 Å². The Kier molecular flexibility index (Phi) is 4.36. The van der Waals surface area contributed by atoms with Crippen LogP contribution in [0.4, 0.5) is 11.4 Å². The first-order chi connectivity index (χ1) is 12.4. The van der Waals surface area contributed by atoms with E-state index in [0.717, 1.165) is 51.7 Å². The number of hydrogen-bond donors (Lipinski definition) is 1. The normalized spacial score (nSPS) is 14.3. The van der Waals surface area contributed by atoms with Crippen molar-refractivity contribution in [3.63, 3.8) is 0 Å². The van der Waals surface area contributed by atoms with Crippen molar-refractivity contribution < 1.29 is 8.42 Å². The smallest absolute Gasteiger partial charge is 0.229 e. The van der Waals surface area contributed by atoms with Crippen molar-refractivity contribution in [1.82, 2.24) is 4.98 Å². The molecular weight excluding hydrogens is 414 g/mol. The molecule has 2 aromatic carbocycles. The van der Waals surface area contributed by atoms with Gasteiger partial charge in [-0.05, 0) is 51.7 Å². The van der Waals surface area contributed by atoms with Gasteiger partial charge in [0.2, 0.25) is 10.0 Å². The summed E-state index contributed by atoms with van der Waals surface area (Å²) < 4.78 is 26.9. The average Bonchev–Trinajstić information content (AvgIpc) is 2.60. The van der Waals surface area contributed by atoms with Crippen LogP contribution in [0.1, 0.15) is 11.1 Å². The van der Waals surface area contributed by atoms with Crippen molar-refractivity contribution in [3.8, 4) is 0 Å². The van der Waals surface area contributed by atoms with E-state index in [1.807, 2.05) is 36.5 Å². The average molecular weight is 432 g/mol. The van der Waals surface area contributed by atoms with E-state index in [1.165, 1.54) is 6.26 Å². The van der Waals surface area contributed by atoms with Crippen molar-refractivity contribution >= 4 is 48.2 Å². The van der Waals surface area contributed by atoms with Gasteiger partial charge in [0.25, 0.3) is 0 Å². The summed E-state index contributed by atoms with van der Waals surface area (Å²) in [4.78, 5) is 6.81. The van der Waals surface area contributed by atoms with Crippen LogP contribution in [0.25, 0.3) is 10.9 Å². The quantitative estimate of drug-likeness (QED) is 0.682. The van der Waals surface area contributed by atoms with Gasteiger partial charge in [-0.15, -0.1) is 0 Å². The third-order valence-electron chi connectivity index (χ3n) is 4.60. The number of pyridine rings is 1. The van der Waals surface area contributed by atoms with E-state index >= 15 is 0 Å². The summed E-state index contributed by atoms with van der Waals surface area (Å²) in [5, 5.41) is 1.11. The fraction of sp³-hybridized carbons (Fsp3) is 0.211. The topological polar surface area (TPSA) is 62.3 Å². The molecule has 1 aromatic heterocycles. The van der Waals surface area contributed by atoms with Gasteiger partial charge in [-0.25, -0.2) is 8.42 Å². The molecule has 1 N–H and O–H groups in total. The van der Waals surface area contributed by atoms with Crippen molar-refractivity contribution in [2.75, 3.05) is 22.4 Å². The molecule has 26 heavy (non-hydrogen) atoms. The fourth-order valence-corrected chi connectivity index (χ4v) is 4.57. The van der Waals surface area contributed by atoms with Crippen LogP contribution in [0.15, 0.2) is 53.1 Å². The molecule has 134 valence electrons. The zero-order valence-electron chi connectivity index (χ0n) is 14.2. The van der Waals surface area contributed by atoms with E-state index in [0.29, 0.717) is 5.69 Å². The Labute approximate surface area is 161 Å². The van der Waals surface area contributed by atoms with Crippen LogP contribution in [0.3, 0.4) is 0 Å². The lowest BCUT2D eigenvalue weighted by molar-refractivity contribution is 0.606. The van der Waals surface area contributed by atoms with Gasteiger partial charge < -0.3 is 4.90 Å². The number of fused-ring (bicyclic) bond motifs is 2. The molecule has 0 atom stereocenters. The number of hydrogen-bond acceptors (Lipinski definition) is 4. The van der Waals surface area contributed by atoms with Crippen LogP contribution in [-0.4, -0.2) is 26.2 Å². The predicted octanol–water partition coefficient (Wildman–Crippen LogP) is 3.93. The second-order valence-electron chi connectivity index (χ2n) is 6.46. The highest BCUT2D eigenvalue weighted by Gasteiger charge is 2.21. The maximum absolute atomic E-state index is 11.6. The SMILES string of the molecule is CS(=O)(=O)Nc1cccc2c1CCN(c1ccnc3c(Br)cccc13)C2. The summed E-state index contributed by atoms with van der Waals surface area (Å²) in [6, 6.07) is 13.9. The first kappa shape index (κ1) is 17.3. The molecule has 3 aromatic rings. The number of nitrogens with zero attached hydrogens (tertiary/aromatic N) is 2. The Hall–Kier alpha value is -2.12. The number of rotatable bonds is 3. The lowest BCUT2D eigenvalue weighted by Crippen LogP contribution is -2.31. The van der Waals surface area contributed by atoms with Gasteiger partial charge in [-0.2, -0.15) is 0 Å². The molecule has 4 rings (SSSR count). The minimum Gasteiger partial charge on any atom is -0.366 e. The number of sulfonamides is 1. The minimum absolute atomic E-state index is 0.687. The van der Waals surface area contributed by atoms with E-state index in [1.54, 1.807) is 0 Å². The zero-order valence-corrected chi connectivity index (χ0v) is 16.6. The minimum atomic E-state index is -3.29. The maximum Gasteiger partial charge on any atom is 0.229 e. The molecule has 0 fully saturated rings. The fourth-order valence-electron chi connectivity index (χ4n) is 3.51. The second kappa shape index (κ2) is 6.55. The van der Waals surface area contributed by atoms with E-state index in [2.05, 4.69) is 42.7 Å². The van der Waals surface area contributed by atoms with E-state index in [-0.39, 0.29) is 0 Å². The van der Waals surface area contributed by atoms with Crippen molar-refractivity contribution in [3.05, 3.63) is 64.3 Å². The molecule has 0 amide bonds. The Morgan fingerprint density at radius 2 is 1.96 bits per heavy atom. The Morgan fingerprint density at radius 3 is 2.77 bits per heavy atom. The Balaban J connectivity index is 1.72. The van der Waals surface area contributed by atoms with Gasteiger partial charge in [-0.1, -0.05) is 24.3 Å². The van der Waals surface area contributed by atoms with Crippen molar-refractivity contribution in [1.29, 1.82) is 0 Å². The van der Waals surface area contributed by atoms with Crippen LogP contribution in [0.2, 0.25) is 0 Å². The summed E-state index contributed by atoms with van der Waals surface area (Å²) in [6.07, 6.45) is 3.80. The van der Waals surface area contributed by atoms with Crippen molar-refractivity contribution in [2.45, 2.75) is 13.0 Å². The molecule has 0 saturated carbocycles. The number of nitrogens with one attached hydrogen (secondary N) is 1. The molecule has 7 heteroatoms. The van der Waals surface area contributed by atoms with Crippen molar-refractivity contribution in [2.24, 2.45) is 0 Å². The lowest BCUT2D eigenvalue weighted by atomic mass is 9.97. The standard InChI is InChI=1S/C19H18BrN3O2S/c1-26(24,25)22-17-7-2-4-13-12-23(11-9-14(13)17)18-8-10-21-19-15(18)5-3-6-16(19)20/h2-8,10,22H,9,11-12H2,1H3. The lowest BCUT2D eigenvalue weighted by Gasteiger charge is -2.32. The summed E-state index contributed by atoms with van der Waals surface area (Å²) in [7, 11) is -3.29. The molecule has 0 radical (unpaired) electrons. The summed E-state index contributed by atoms with van der Waals surface area (Å²) in [5.41, 5.74) is 5.00. The molecule has 2 heterocycles. The highest BCUT2D eigenvalue weighted by atomic mass is 79.9. The number of anilines is 2. The Morgan fingerprint density at radius 1 is 1.15 bits per heavy atom. The van der Waals surface area contributed by atoms with E-state index < -0.39 is 10.0 Å². The maximum atomic E-state index is 11.6. The largest absolute Gasteiger partial charge is 0.366 e. The van der Waals surface area contributed by atoms with Gasteiger partial charge in [0.05, 0.1) is 17.5 Å². The number of aromatic nitrogens is 1. The van der Waals surface area contributed by atoms with Gasteiger partial charge >= 0.3 is 0 Å². The number of para-hydroxylation sites is 1. The van der Waals surface area contributed by atoms with Gasteiger partial charge in [0, 0.05) is 34.8 Å². The highest BCUT2D eigenvalue weighted by molar-refractivity contribution is 9.10. The van der Waals surface area contributed by atoms with Crippen LogP contribution >= 0.6 is 15.9 Å². The third-order valence-corrected chi connectivity index (χ3v) is 5.83. The number of benzene rings is 2. The van der Waals surface area contributed by atoms with E-state index in [4.69, 9.17) is 0 Å². The molecule has 1 aliphatic heterocycles. The molecular formula is C19H18BrN3O2S. The third kappa shape index (κ3) is 3.29. The predicted molar refractivity (Wildman–Crippen MR) is 109 cm³/mol. The summed E-state index contributed by atoms with van der Waals surface area (Å²) >= 11 is 3.57. The molecule has 0 unspecified atom stereocenters. The molecule has 0 bridgehead atoms. The van der Waals surface area contributed by atoms with Gasteiger partial charge in [0.15, 0.2) is 0 Å². The summed E-state index contributed by atoms with van der Waals surface area (Å²) in [5.74, 6) is 0. The first-order valence-electron chi connectivity index (χ1n) is 8.29. The monoisotopic (exact) mass is 431 g/mol. The zero-order chi connectivity index (χ0) is 18.3. The molecule has 5 nitrogen and oxygen atoms in total. The van der Waals surface area contributed by atoms with E-state index in [9.17, 15) is 8.42 Å². The molecule has 0 saturated heterocycles. The van der Waals surface area contributed by atoms with Crippen LogP contribution in [0.5, 0.6) is 0 Å². The second-order valence-corrected chi connectivity index (χ2v) is 9.06. The van der Waals surface area contributed by atoms with Crippen LogP contribution < -0.4 is 9.62 Å².